The van der Waals surface area contributed by atoms with Gasteiger partial charge in [-0.3, -0.25) is 4.79 Å². The molecule has 1 amide bonds. The van der Waals surface area contributed by atoms with Gasteiger partial charge in [0, 0.05) is 10.9 Å². The molecule has 0 bridgehead atoms. The number of nitrogens with one attached hydrogen (secondary N) is 1. The summed E-state index contributed by atoms with van der Waals surface area (Å²) in [4.78, 5) is 25.5. The van der Waals surface area contributed by atoms with E-state index in [9.17, 15) is 19.2 Å². The van der Waals surface area contributed by atoms with E-state index in [-0.39, 0.29) is 22.7 Å². The van der Waals surface area contributed by atoms with Gasteiger partial charge >= 0.3 is 5.97 Å². The van der Waals surface area contributed by atoms with Gasteiger partial charge in [0.1, 0.15) is 28.0 Å². The van der Waals surface area contributed by atoms with Crippen LogP contribution in [0, 0.1) is 17.1 Å². The number of nitrogens with zero attached hydrogens (tertiary/aromatic N) is 1. The van der Waals surface area contributed by atoms with Crippen LogP contribution in [0.1, 0.15) is 48.2 Å². The predicted octanol–water partition coefficient (Wildman–Crippen LogP) is 6.40. The normalized spacial score (nSPS) is 11.2. The van der Waals surface area contributed by atoms with Gasteiger partial charge in [0.2, 0.25) is 0 Å². The van der Waals surface area contributed by atoms with Crippen LogP contribution in [0.25, 0.3) is 17.2 Å². The highest BCUT2D eigenvalue weighted by Crippen LogP contribution is 2.36. The van der Waals surface area contributed by atoms with Crippen LogP contribution in [0.3, 0.4) is 0 Å². The van der Waals surface area contributed by atoms with Crippen molar-refractivity contribution in [3.05, 3.63) is 82.0 Å². The van der Waals surface area contributed by atoms with Crippen molar-refractivity contribution in [3.8, 4) is 17.2 Å². The minimum atomic E-state index is -0.636. The summed E-state index contributed by atoms with van der Waals surface area (Å²) in [6, 6.07) is 15.2. The highest BCUT2D eigenvalue weighted by Gasteiger charge is 2.23. The highest BCUT2D eigenvalue weighted by molar-refractivity contribution is 7.15. The lowest BCUT2D eigenvalue weighted by Gasteiger charge is -2.09. The first kappa shape index (κ1) is 23.9. The molecule has 0 radical (unpaired) electrons. The molecule has 0 aliphatic carbocycles. The van der Waals surface area contributed by atoms with E-state index in [0.717, 1.165) is 22.5 Å². The second kappa shape index (κ2) is 10.7. The number of rotatable bonds is 7. The van der Waals surface area contributed by atoms with Crippen molar-refractivity contribution in [1.82, 2.24) is 0 Å². The molecular formula is C26H23FN2O3S. The summed E-state index contributed by atoms with van der Waals surface area (Å²) in [7, 11) is 0. The van der Waals surface area contributed by atoms with Crippen molar-refractivity contribution >= 4 is 34.3 Å². The quantitative estimate of drug-likeness (QED) is 0.250. The first-order chi connectivity index (χ1) is 15.8. The molecule has 0 aliphatic heterocycles. The molecule has 0 saturated heterocycles. The second-order valence-corrected chi connectivity index (χ2v) is 8.41. The van der Waals surface area contributed by atoms with Gasteiger partial charge < -0.3 is 10.1 Å². The number of hydrogen-bond donors (Lipinski definition) is 1. The van der Waals surface area contributed by atoms with Crippen molar-refractivity contribution < 1.29 is 18.7 Å². The van der Waals surface area contributed by atoms with Gasteiger partial charge in [0.05, 0.1) is 6.61 Å². The van der Waals surface area contributed by atoms with Crippen molar-refractivity contribution in [1.29, 1.82) is 5.26 Å². The van der Waals surface area contributed by atoms with Crippen LogP contribution in [0.5, 0.6) is 0 Å². The number of nitriles is 1. The summed E-state index contributed by atoms with van der Waals surface area (Å²) in [6.45, 7) is 6.00. The van der Waals surface area contributed by atoms with Crippen molar-refractivity contribution in [2.75, 3.05) is 11.9 Å². The topological polar surface area (TPSA) is 79.2 Å². The molecule has 0 atom stereocenters. The molecule has 3 rings (SSSR count). The molecule has 168 valence electrons. The Kier molecular flexibility index (Phi) is 7.75. The molecule has 3 aromatic rings. The number of benzene rings is 2. The van der Waals surface area contributed by atoms with Crippen molar-refractivity contribution in [2.45, 2.75) is 26.7 Å². The summed E-state index contributed by atoms with van der Waals surface area (Å²) in [5.41, 5.74) is 3.06. The SMILES string of the molecule is CCOC(=O)c1c(-c2ccc(F)cc2)csc1NC(=O)C(C#N)=Cc1ccc(C(C)C)cc1. The number of anilines is 1. The fraction of sp³-hybridized carbons (Fsp3) is 0.192. The van der Waals surface area contributed by atoms with E-state index in [1.807, 2.05) is 30.3 Å². The minimum absolute atomic E-state index is 0.0983. The Hall–Kier alpha value is -3.76. The molecule has 33 heavy (non-hydrogen) atoms. The van der Waals surface area contributed by atoms with E-state index in [1.165, 1.54) is 18.2 Å². The van der Waals surface area contributed by atoms with Crippen LogP contribution in [0.2, 0.25) is 0 Å². The molecule has 1 aromatic heterocycles. The van der Waals surface area contributed by atoms with E-state index in [2.05, 4.69) is 19.2 Å². The number of amides is 1. The van der Waals surface area contributed by atoms with E-state index >= 15 is 0 Å². The van der Waals surface area contributed by atoms with Gasteiger partial charge in [0.25, 0.3) is 5.91 Å². The van der Waals surface area contributed by atoms with Crippen LogP contribution < -0.4 is 5.32 Å². The van der Waals surface area contributed by atoms with Crippen LogP contribution >= 0.6 is 11.3 Å². The lowest BCUT2D eigenvalue weighted by atomic mass is 10.0. The molecule has 0 aliphatic rings. The van der Waals surface area contributed by atoms with E-state index < -0.39 is 17.7 Å². The fourth-order valence-electron chi connectivity index (χ4n) is 3.16. The molecule has 1 N–H and O–H groups in total. The number of thiophene rings is 1. The lowest BCUT2D eigenvalue weighted by Crippen LogP contribution is -2.16. The largest absolute Gasteiger partial charge is 0.462 e. The number of esters is 1. The standard InChI is InChI=1S/C26H23FN2O3S/c1-4-32-26(31)23-22(19-9-11-21(27)12-10-19)15-33-25(23)29-24(30)20(14-28)13-17-5-7-18(8-6-17)16(2)3/h5-13,15-16H,4H2,1-3H3,(H,29,30). The maximum Gasteiger partial charge on any atom is 0.341 e. The first-order valence-corrected chi connectivity index (χ1v) is 11.3. The molecule has 5 nitrogen and oxygen atoms in total. The van der Waals surface area contributed by atoms with Gasteiger partial charge in [-0.2, -0.15) is 5.26 Å². The Labute approximate surface area is 196 Å². The summed E-state index contributed by atoms with van der Waals surface area (Å²) >= 11 is 1.13. The number of halogens is 1. The number of carbonyl (C=O) groups excluding carboxylic acids is 2. The zero-order chi connectivity index (χ0) is 24.0. The summed E-state index contributed by atoms with van der Waals surface area (Å²) in [5, 5.41) is 14.2. The molecule has 1 heterocycles. The Morgan fingerprint density at radius 3 is 2.39 bits per heavy atom. The smallest absolute Gasteiger partial charge is 0.341 e. The van der Waals surface area contributed by atoms with Gasteiger partial charge in [-0.25, -0.2) is 9.18 Å². The average molecular weight is 463 g/mol. The van der Waals surface area contributed by atoms with E-state index in [0.29, 0.717) is 17.0 Å². The monoisotopic (exact) mass is 462 g/mol. The number of hydrogen-bond acceptors (Lipinski definition) is 5. The zero-order valence-corrected chi connectivity index (χ0v) is 19.3. The van der Waals surface area contributed by atoms with Crippen LogP contribution in [-0.2, 0) is 9.53 Å². The van der Waals surface area contributed by atoms with E-state index in [4.69, 9.17) is 4.74 Å². The zero-order valence-electron chi connectivity index (χ0n) is 18.5. The first-order valence-electron chi connectivity index (χ1n) is 10.4. The van der Waals surface area contributed by atoms with Crippen LogP contribution in [-0.4, -0.2) is 18.5 Å². The van der Waals surface area contributed by atoms with Crippen molar-refractivity contribution in [3.63, 3.8) is 0 Å². The third-order valence-electron chi connectivity index (χ3n) is 4.93. The van der Waals surface area contributed by atoms with Gasteiger partial charge in [-0.05, 0) is 47.7 Å². The van der Waals surface area contributed by atoms with Gasteiger partial charge in [0.15, 0.2) is 0 Å². The molecule has 0 unspecified atom stereocenters. The summed E-state index contributed by atoms with van der Waals surface area (Å²) in [5.74, 6) is -1.27. The molecule has 0 saturated carbocycles. The third-order valence-corrected chi connectivity index (χ3v) is 5.83. The molecule has 7 heteroatoms. The van der Waals surface area contributed by atoms with Gasteiger partial charge in [-0.15, -0.1) is 11.3 Å². The highest BCUT2D eigenvalue weighted by atomic mass is 32.1. The molecule has 0 fully saturated rings. The Balaban J connectivity index is 1.92. The lowest BCUT2D eigenvalue weighted by molar-refractivity contribution is -0.112. The fourth-order valence-corrected chi connectivity index (χ4v) is 4.11. The molecule has 0 spiro atoms. The molecular weight excluding hydrogens is 439 g/mol. The van der Waals surface area contributed by atoms with Crippen molar-refractivity contribution in [2.24, 2.45) is 0 Å². The van der Waals surface area contributed by atoms with Crippen LogP contribution in [0.15, 0.2) is 59.5 Å². The van der Waals surface area contributed by atoms with E-state index in [1.54, 1.807) is 24.4 Å². The maximum absolute atomic E-state index is 13.3. The summed E-state index contributed by atoms with van der Waals surface area (Å²) < 4.78 is 18.5. The Morgan fingerprint density at radius 1 is 1.15 bits per heavy atom. The van der Waals surface area contributed by atoms with Crippen LogP contribution in [0.4, 0.5) is 9.39 Å². The molecule has 2 aromatic carbocycles. The number of ether oxygens (including phenoxy) is 1. The summed E-state index contributed by atoms with van der Waals surface area (Å²) in [6.07, 6.45) is 1.50. The average Bonchev–Trinajstić information content (AvgIpc) is 3.21. The Morgan fingerprint density at radius 2 is 1.82 bits per heavy atom. The van der Waals surface area contributed by atoms with Gasteiger partial charge in [-0.1, -0.05) is 50.2 Å². The predicted molar refractivity (Wildman–Crippen MR) is 128 cm³/mol. The Bertz CT molecular complexity index is 1220. The third kappa shape index (κ3) is 5.73. The number of carbonyl (C=O) groups is 2. The maximum atomic E-state index is 13.3. The minimum Gasteiger partial charge on any atom is -0.462 e. The second-order valence-electron chi connectivity index (χ2n) is 7.53.